The molecule has 0 spiro atoms. The molecule has 5 fully saturated rings. The molecular formula is C17H28N2O. The van der Waals surface area contributed by atoms with Crippen molar-refractivity contribution in [2.24, 2.45) is 29.6 Å². The molecule has 5 aliphatic rings. The van der Waals surface area contributed by atoms with Gasteiger partial charge >= 0.3 is 6.03 Å². The predicted octanol–water partition coefficient (Wildman–Crippen LogP) is 3.20. The third kappa shape index (κ3) is 1.74. The molecule has 0 radical (unpaired) electrons. The quantitative estimate of drug-likeness (QED) is 0.759. The van der Waals surface area contributed by atoms with E-state index in [1.807, 2.05) is 11.9 Å². The summed E-state index contributed by atoms with van der Waals surface area (Å²) in [6.07, 6.45) is 7.09. The molecular weight excluding hydrogens is 248 g/mol. The Kier molecular flexibility index (Phi) is 2.84. The minimum absolute atomic E-state index is 0.307. The maximum absolute atomic E-state index is 12.7. The van der Waals surface area contributed by atoms with Gasteiger partial charge in [-0.05, 0) is 61.7 Å². The summed E-state index contributed by atoms with van der Waals surface area (Å²) in [7, 11) is 2.00. The topological polar surface area (TPSA) is 23.6 Å². The van der Waals surface area contributed by atoms with Crippen LogP contribution in [0.4, 0.5) is 4.79 Å². The first-order valence-corrected chi connectivity index (χ1v) is 8.58. The third-order valence-electron chi connectivity index (χ3n) is 6.74. The van der Waals surface area contributed by atoms with Crippen LogP contribution >= 0.6 is 0 Å². The lowest BCUT2D eigenvalue weighted by molar-refractivity contribution is -0.0476. The zero-order valence-electron chi connectivity index (χ0n) is 13.1. The van der Waals surface area contributed by atoms with Crippen molar-refractivity contribution in [3.63, 3.8) is 0 Å². The summed E-state index contributed by atoms with van der Waals surface area (Å²) < 4.78 is 0. The number of hydrogen-bond donors (Lipinski definition) is 0. The van der Waals surface area contributed by atoms with E-state index in [4.69, 9.17) is 0 Å². The highest BCUT2D eigenvalue weighted by molar-refractivity contribution is 5.77. The van der Waals surface area contributed by atoms with E-state index < -0.39 is 0 Å². The van der Waals surface area contributed by atoms with Gasteiger partial charge in [-0.25, -0.2) is 4.79 Å². The first-order valence-electron chi connectivity index (χ1n) is 8.58. The number of urea groups is 1. The van der Waals surface area contributed by atoms with E-state index in [1.54, 1.807) is 0 Å². The zero-order chi connectivity index (χ0) is 14.0. The normalized spacial score (nSPS) is 46.9. The van der Waals surface area contributed by atoms with Gasteiger partial charge in [-0.1, -0.05) is 13.8 Å². The molecule has 3 nitrogen and oxygen atoms in total. The number of likely N-dealkylation sites (N-methyl/N-ethyl adjacent to an activating group) is 1. The van der Waals surface area contributed by atoms with Crippen molar-refractivity contribution >= 4 is 6.03 Å². The number of rotatable bonds is 2. The average molecular weight is 276 g/mol. The van der Waals surface area contributed by atoms with E-state index in [-0.39, 0.29) is 0 Å². The summed E-state index contributed by atoms with van der Waals surface area (Å²) in [6.45, 7) is 5.46. The molecule has 112 valence electrons. The smallest absolute Gasteiger partial charge is 0.320 e. The number of amides is 2. The van der Waals surface area contributed by atoms with Crippen LogP contribution in [0.15, 0.2) is 0 Å². The Bertz CT molecular complexity index is 391. The number of carbonyl (C=O) groups is 1. The van der Waals surface area contributed by atoms with Gasteiger partial charge in [0, 0.05) is 19.6 Å². The molecule has 2 amide bonds. The highest BCUT2D eigenvalue weighted by Crippen LogP contribution is 2.55. The van der Waals surface area contributed by atoms with Crippen molar-refractivity contribution < 1.29 is 4.79 Å². The Hall–Kier alpha value is -0.730. The minimum atomic E-state index is 0.307. The number of carbonyl (C=O) groups excluding carboxylic acids is 1. The van der Waals surface area contributed by atoms with E-state index in [0.29, 0.717) is 24.0 Å². The zero-order valence-corrected chi connectivity index (χ0v) is 13.1. The van der Waals surface area contributed by atoms with E-state index in [1.165, 1.54) is 32.1 Å². The van der Waals surface area contributed by atoms with Crippen molar-refractivity contribution in [1.82, 2.24) is 9.80 Å². The monoisotopic (exact) mass is 276 g/mol. The fourth-order valence-electron chi connectivity index (χ4n) is 6.06. The molecule has 1 saturated heterocycles. The molecule has 1 atom stereocenters. The van der Waals surface area contributed by atoms with Crippen LogP contribution in [0.1, 0.15) is 46.0 Å². The van der Waals surface area contributed by atoms with E-state index in [2.05, 4.69) is 18.7 Å². The fraction of sp³-hybridized carbons (Fsp3) is 0.941. The molecule has 1 heterocycles. The highest BCUT2D eigenvalue weighted by Gasteiger charge is 2.53. The predicted molar refractivity (Wildman–Crippen MR) is 79.3 cm³/mol. The van der Waals surface area contributed by atoms with Crippen molar-refractivity contribution in [3.05, 3.63) is 0 Å². The lowest BCUT2D eigenvalue weighted by atomic mass is 9.54. The Balaban J connectivity index is 1.57. The summed E-state index contributed by atoms with van der Waals surface area (Å²) in [5, 5.41) is 0. The van der Waals surface area contributed by atoms with Gasteiger partial charge in [-0.15, -0.1) is 0 Å². The van der Waals surface area contributed by atoms with Crippen molar-refractivity contribution in [2.75, 3.05) is 13.6 Å². The Labute approximate surface area is 122 Å². The summed E-state index contributed by atoms with van der Waals surface area (Å²) in [4.78, 5) is 17.0. The van der Waals surface area contributed by atoms with Crippen molar-refractivity contribution in [1.29, 1.82) is 0 Å². The lowest BCUT2D eigenvalue weighted by Gasteiger charge is -2.56. The Morgan fingerprint density at radius 3 is 2.00 bits per heavy atom. The van der Waals surface area contributed by atoms with Crippen LogP contribution in [0.25, 0.3) is 0 Å². The third-order valence-corrected chi connectivity index (χ3v) is 6.74. The SMILES string of the molecule is CC(C)[C@@H]1CN(C2C3CC4CC(C3)CC2C4)C(=O)N1C. The first kappa shape index (κ1) is 13.0. The van der Waals surface area contributed by atoms with Gasteiger partial charge in [-0.2, -0.15) is 0 Å². The molecule has 0 unspecified atom stereocenters. The first-order chi connectivity index (χ1) is 9.54. The molecule has 0 aromatic carbocycles. The van der Waals surface area contributed by atoms with Crippen molar-refractivity contribution in [2.45, 2.75) is 58.0 Å². The van der Waals surface area contributed by atoms with Crippen LogP contribution < -0.4 is 0 Å². The highest BCUT2D eigenvalue weighted by atomic mass is 16.2. The van der Waals surface area contributed by atoms with Crippen LogP contribution in [0.3, 0.4) is 0 Å². The molecule has 5 rings (SSSR count). The standard InChI is InChI=1S/C17H28N2O/c1-10(2)15-9-19(17(20)18(15)3)16-13-5-11-4-12(7-13)8-14(16)6-11/h10-16H,4-9H2,1-3H3/t11?,12?,13?,14?,15-,16?/m0/s1. The van der Waals surface area contributed by atoms with Crippen molar-refractivity contribution in [3.8, 4) is 0 Å². The van der Waals surface area contributed by atoms with Crippen LogP contribution in [0.2, 0.25) is 0 Å². The molecule has 0 N–H and O–H groups in total. The van der Waals surface area contributed by atoms with Gasteiger partial charge in [0.05, 0.1) is 6.04 Å². The summed E-state index contributed by atoms with van der Waals surface area (Å²) >= 11 is 0. The van der Waals surface area contributed by atoms with Crippen LogP contribution in [-0.2, 0) is 0 Å². The van der Waals surface area contributed by atoms with Crippen LogP contribution in [0, 0.1) is 29.6 Å². The second-order valence-corrected chi connectivity index (χ2v) is 8.28. The molecule has 20 heavy (non-hydrogen) atoms. The number of hydrogen-bond acceptors (Lipinski definition) is 1. The van der Waals surface area contributed by atoms with Gasteiger partial charge in [0.25, 0.3) is 0 Å². The second kappa shape index (κ2) is 4.38. The van der Waals surface area contributed by atoms with Gasteiger partial charge in [-0.3, -0.25) is 0 Å². The molecule has 4 aliphatic carbocycles. The summed E-state index contributed by atoms with van der Waals surface area (Å²) in [5.74, 6) is 4.17. The van der Waals surface area contributed by atoms with Crippen LogP contribution in [0.5, 0.6) is 0 Å². The van der Waals surface area contributed by atoms with Gasteiger partial charge < -0.3 is 9.80 Å². The van der Waals surface area contributed by atoms with Gasteiger partial charge in [0.15, 0.2) is 0 Å². The summed E-state index contributed by atoms with van der Waals surface area (Å²) in [5.41, 5.74) is 0. The van der Waals surface area contributed by atoms with Gasteiger partial charge in [0.1, 0.15) is 0 Å². The maximum Gasteiger partial charge on any atom is 0.320 e. The van der Waals surface area contributed by atoms with E-state index in [9.17, 15) is 4.79 Å². The lowest BCUT2D eigenvalue weighted by Crippen LogP contribution is -2.56. The minimum Gasteiger partial charge on any atom is -0.323 e. The van der Waals surface area contributed by atoms with Crippen LogP contribution in [-0.4, -0.2) is 41.5 Å². The molecule has 0 aromatic rings. The van der Waals surface area contributed by atoms with E-state index in [0.717, 1.165) is 30.2 Å². The molecule has 0 aromatic heterocycles. The second-order valence-electron chi connectivity index (χ2n) is 8.28. The summed E-state index contributed by atoms with van der Waals surface area (Å²) in [6, 6.07) is 1.29. The van der Waals surface area contributed by atoms with E-state index >= 15 is 0 Å². The Morgan fingerprint density at radius 1 is 1.00 bits per heavy atom. The molecule has 1 aliphatic heterocycles. The maximum atomic E-state index is 12.7. The largest absolute Gasteiger partial charge is 0.323 e. The Morgan fingerprint density at radius 2 is 1.55 bits per heavy atom. The molecule has 4 saturated carbocycles. The number of nitrogens with zero attached hydrogens (tertiary/aromatic N) is 2. The molecule has 3 heteroatoms. The fourth-order valence-corrected chi connectivity index (χ4v) is 6.06. The average Bonchev–Trinajstić information content (AvgIpc) is 2.66. The molecule has 4 bridgehead atoms. The van der Waals surface area contributed by atoms with Gasteiger partial charge in [0.2, 0.25) is 0 Å².